The maximum Gasteiger partial charge on any atom is 0.343 e. The third kappa shape index (κ3) is 5.43. The molecule has 0 fully saturated rings. The van der Waals surface area contributed by atoms with Crippen LogP contribution in [0.1, 0.15) is 34.8 Å². The van der Waals surface area contributed by atoms with Crippen LogP contribution in [-0.2, 0) is 0 Å². The molecule has 0 N–H and O–H groups in total. The topological polar surface area (TPSA) is 35.5 Å². The van der Waals surface area contributed by atoms with Crippen LogP contribution in [0.3, 0.4) is 0 Å². The monoisotopic (exact) mass is 428 g/mol. The first-order valence-electron chi connectivity index (χ1n) is 9.29. The van der Waals surface area contributed by atoms with E-state index >= 15 is 0 Å². The predicted octanol–water partition coefficient (Wildman–Crippen LogP) is 5.65. The molecule has 3 nitrogen and oxygen atoms in total. The van der Waals surface area contributed by atoms with Crippen molar-refractivity contribution in [2.24, 2.45) is 0 Å². The molecule has 0 saturated carbocycles. The van der Waals surface area contributed by atoms with Crippen molar-refractivity contribution in [3.05, 3.63) is 94.6 Å². The Morgan fingerprint density at radius 2 is 1.61 bits per heavy atom. The molecule has 0 saturated heterocycles. The van der Waals surface area contributed by atoms with Crippen molar-refractivity contribution in [2.45, 2.75) is 13.3 Å². The first kappa shape index (κ1) is 21.9. The quantitative estimate of drug-likeness (QED) is 0.228. The predicted molar refractivity (Wildman–Crippen MR) is 106 cm³/mol. The van der Waals surface area contributed by atoms with Gasteiger partial charge in [0.1, 0.15) is 5.75 Å². The lowest BCUT2D eigenvalue weighted by atomic mass is 10.1. The zero-order valence-electron chi connectivity index (χ0n) is 16.3. The summed E-state index contributed by atoms with van der Waals surface area (Å²) in [5.41, 5.74) is 0.448. The molecule has 3 rings (SSSR count). The van der Waals surface area contributed by atoms with E-state index in [1.165, 1.54) is 36.4 Å². The minimum atomic E-state index is -1.13. The number of carbonyl (C=O) groups is 1. The molecule has 0 bridgehead atoms. The highest BCUT2D eigenvalue weighted by Gasteiger charge is 2.13. The summed E-state index contributed by atoms with van der Waals surface area (Å²) in [6, 6.07) is 11.2. The average molecular weight is 428 g/mol. The molecule has 0 aliphatic heterocycles. The van der Waals surface area contributed by atoms with Crippen LogP contribution in [-0.4, -0.2) is 12.6 Å². The lowest BCUT2D eigenvalue weighted by Gasteiger charge is -2.07. The number of carbonyl (C=O) groups excluding carboxylic acids is 1. The third-order valence-corrected chi connectivity index (χ3v) is 4.07. The molecule has 0 aliphatic carbocycles. The fourth-order valence-corrected chi connectivity index (χ4v) is 2.49. The number of benzene rings is 3. The van der Waals surface area contributed by atoms with E-state index in [2.05, 4.69) is 11.8 Å². The molecule has 7 heteroatoms. The summed E-state index contributed by atoms with van der Waals surface area (Å²) in [6.07, 6.45) is 0.660. The van der Waals surface area contributed by atoms with E-state index < -0.39 is 29.2 Å². The Kier molecular flexibility index (Phi) is 6.93. The van der Waals surface area contributed by atoms with E-state index in [4.69, 9.17) is 9.47 Å². The molecule has 0 heterocycles. The maximum atomic E-state index is 14.2. The van der Waals surface area contributed by atoms with Crippen molar-refractivity contribution in [3.63, 3.8) is 0 Å². The molecule has 0 amide bonds. The summed E-state index contributed by atoms with van der Waals surface area (Å²) >= 11 is 0. The normalized spacial score (nSPS) is 10.2. The van der Waals surface area contributed by atoms with Crippen LogP contribution < -0.4 is 9.47 Å². The molecule has 0 aliphatic rings. The van der Waals surface area contributed by atoms with Gasteiger partial charge in [0, 0.05) is 11.6 Å². The minimum absolute atomic E-state index is 0.136. The van der Waals surface area contributed by atoms with Gasteiger partial charge in [-0.1, -0.05) is 18.8 Å². The minimum Gasteiger partial charge on any atom is -0.490 e. The van der Waals surface area contributed by atoms with Gasteiger partial charge in [-0.3, -0.25) is 0 Å². The van der Waals surface area contributed by atoms with E-state index in [1.54, 1.807) is 0 Å². The van der Waals surface area contributed by atoms with E-state index in [0.29, 0.717) is 12.0 Å². The highest BCUT2D eigenvalue weighted by Crippen LogP contribution is 2.22. The highest BCUT2D eigenvalue weighted by molar-refractivity contribution is 5.91. The van der Waals surface area contributed by atoms with Gasteiger partial charge in [-0.25, -0.2) is 18.0 Å². The van der Waals surface area contributed by atoms with Gasteiger partial charge < -0.3 is 9.47 Å². The first-order valence-corrected chi connectivity index (χ1v) is 9.29. The molecular weight excluding hydrogens is 412 g/mol. The van der Waals surface area contributed by atoms with Crippen LogP contribution in [0.15, 0.2) is 54.6 Å². The molecule has 3 aromatic rings. The van der Waals surface area contributed by atoms with Gasteiger partial charge in [-0.2, -0.15) is 4.39 Å². The van der Waals surface area contributed by atoms with E-state index in [-0.39, 0.29) is 29.2 Å². The SMILES string of the molecule is CCCOc1ccc(C#Cc2ccc(C(=O)Oc3ccc(F)c(F)c3)cc2)c(F)c1F. The Labute approximate surface area is 176 Å². The number of hydrogen-bond acceptors (Lipinski definition) is 3. The Morgan fingerprint density at radius 3 is 2.29 bits per heavy atom. The van der Waals surface area contributed by atoms with Crippen LogP contribution >= 0.6 is 0 Å². The van der Waals surface area contributed by atoms with Gasteiger partial charge in [-0.15, -0.1) is 0 Å². The maximum absolute atomic E-state index is 14.2. The summed E-state index contributed by atoms with van der Waals surface area (Å²) in [4.78, 5) is 12.1. The molecule has 0 unspecified atom stereocenters. The van der Waals surface area contributed by atoms with Crippen molar-refractivity contribution in [2.75, 3.05) is 6.61 Å². The molecule has 0 spiro atoms. The molecule has 0 radical (unpaired) electrons. The zero-order valence-corrected chi connectivity index (χ0v) is 16.3. The number of ether oxygens (including phenoxy) is 2. The zero-order chi connectivity index (χ0) is 22.4. The van der Waals surface area contributed by atoms with Gasteiger partial charge in [-0.05, 0) is 55.0 Å². The van der Waals surface area contributed by atoms with Crippen LogP contribution in [0, 0.1) is 35.1 Å². The Balaban J connectivity index is 1.71. The van der Waals surface area contributed by atoms with E-state index in [9.17, 15) is 22.4 Å². The molecular formula is C24H16F4O3. The second kappa shape index (κ2) is 9.81. The number of halogens is 4. The van der Waals surface area contributed by atoms with Crippen LogP contribution in [0.25, 0.3) is 0 Å². The van der Waals surface area contributed by atoms with Crippen molar-refractivity contribution < 1.29 is 31.8 Å². The molecule has 158 valence electrons. The summed E-state index contributed by atoms with van der Waals surface area (Å²) < 4.78 is 64.4. The van der Waals surface area contributed by atoms with Crippen LogP contribution in [0.4, 0.5) is 17.6 Å². The highest BCUT2D eigenvalue weighted by atomic mass is 19.2. The van der Waals surface area contributed by atoms with Crippen molar-refractivity contribution in [1.29, 1.82) is 0 Å². The average Bonchev–Trinajstić information content (AvgIpc) is 2.77. The number of esters is 1. The van der Waals surface area contributed by atoms with Crippen molar-refractivity contribution in [1.82, 2.24) is 0 Å². The summed E-state index contributed by atoms with van der Waals surface area (Å²) in [5, 5.41) is 0. The van der Waals surface area contributed by atoms with E-state index in [1.807, 2.05) is 6.92 Å². The lowest BCUT2D eigenvalue weighted by Crippen LogP contribution is -2.08. The number of hydrogen-bond donors (Lipinski definition) is 0. The van der Waals surface area contributed by atoms with Crippen LogP contribution in [0.2, 0.25) is 0 Å². The van der Waals surface area contributed by atoms with Crippen molar-refractivity contribution in [3.8, 4) is 23.3 Å². The fraction of sp³-hybridized carbons (Fsp3) is 0.125. The van der Waals surface area contributed by atoms with Gasteiger partial charge in [0.25, 0.3) is 0 Å². The van der Waals surface area contributed by atoms with Crippen molar-refractivity contribution >= 4 is 5.97 Å². The summed E-state index contributed by atoms with van der Waals surface area (Å²) in [6.45, 7) is 2.12. The summed E-state index contributed by atoms with van der Waals surface area (Å²) in [5.74, 6) is -0.265. The van der Waals surface area contributed by atoms with Gasteiger partial charge in [0.2, 0.25) is 5.82 Å². The van der Waals surface area contributed by atoms with Gasteiger partial charge in [0.05, 0.1) is 17.7 Å². The van der Waals surface area contributed by atoms with E-state index in [0.717, 1.165) is 18.2 Å². The third-order valence-electron chi connectivity index (χ3n) is 4.07. The molecule has 0 aromatic heterocycles. The first-order chi connectivity index (χ1) is 14.9. The Hall–Kier alpha value is -3.79. The molecule has 3 aromatic carbocycles. The smallest absolute Gasteiger partial charge is 0.343 e. The largest absolute Gasteiger partial charge is 0.490 e. The number of rotatable bonds is 5. The molecule has 31 heavy (non-hydrogen) atoms. The Morgan fingerprint density at radius 1 is 0.871 bits per heavy atom. The second-order valence-electron chi connectivity index (χ2n) is 6.38. The van der Waals surface area contributed by atoms with Crippen LogP contribution in [0.5, 0.6) is 11.5 Å². The summed E-state index contributed by atoms with van der Waals surface area (Å²) in [7, 11) is 0. The molecule has 0 atom stereocenters. The standard InChI is InChI=1S/C24H16F4O3/c1-2-13-30-21-12-9-16(22(27)23(21)28)6-3-15-4-7-17(8-5-15)24(29)31-18-10-11-19(25)20(26)14-18/h4-5,7-12,14H,2,13H2,1H3. The second-order valence-corrected chi connectivity index (χ2v) is 6.38. The lowest BCUT2D eigenvalue weighted by molar-refractivity contribution is 0.0734. The fourth-order valence-electron chi connectivity index (χ4n) is 2.49. The van der Waals surface area contributed by atoms with Gasteiger partial charge >= 0.3 is 5.97 Å². The van der Waals surface area contributed by atoms with Gasteiger partial charge in [0.15, 0.2) is 23.2 Å². The Bertz CT molecular complexity index is 1160.